The first-order valence-corrected chi connectivity index (χ1v) is 9.68. The minimum atomic E-state index is 0.536. The van der Waals surface area contributed by atoms with Crippen molar-refractivity contribution in [3.63, 3.8) is 0 Å². The van der Waals surface area contributed by atoms with Gasteiger partial charge in [0.25, 0.3) is 0 Å². The highest BCUT2D eigenvalue weighted by Crippen LogP contribution is 2.38. The van der Waals surface area contributed by atoms with Crippen LogP contribution in [0.5, 0.6) is 0 Å². The number of halogens is 1. The molecule has 2 aromatic rings. The standard InChI is InChI=1S/C23H26ClNO/c1-17(11-12-19-13-15-26-16-14-19)23-21(20-7-4-3-5-8-20)9-6-10-22(23)25-18(2)24/h3-10,19H,1,11-16H2,2H3/b25-18+. The molecule has 0 unspecified atom stereocenters. The summed E-state index contributed by atoms with van der Waals surface area (Å²) < 4.78 is 5.48. The van der Waals surface area contributed by atoms with Crippen LogP contribution >= 0.6 is 11.6 Å². The molecule has 0 amide bonds. The maximum atomic E-state index is 6.09. The third-order valence-electron chi connectivity index (χ3n) is 4.95. The molecule has 0 aromatic heterocycles. The average Bonchev–Trinajstić information content (AvgIpc) is 2.67. The molecular weight excluding hydrogens is 342 g/mol. The predicted octanol–water partition coefficient (Wildman–Crippen LogP) is 6.86. The van der Waals surface area contributed by atoms with Gasteiger partial charge >= 0.3 is 0 Å². The smallest absolute Gasteiger partial charge is 0.103 e. The van der Waals surface area contributed by atoms with Crippen LogP contribution in [0.2, 0.25) is 0 Å². The largest absolute Gasteiger partial charge is 0.381 e. The van der Waals surface area contributed by atoms with Crippen LogP contribution in [-0.2, 0) is 4.74 Å². The number of nitrogens with zero attached hydrogens (tertiary/aromatic N) is 1. The Hall–Kier alpha value is -1.90. The maximum absolute atomic E-state index is 6.09. The minimum Gasteiger partial charge on any atom is -0.381 e. The zero-order valence-corrected chi connectivity index (χ0v) is 16.1. The van der Waals surface area contributed by atoms with Crippen LogP contribution in [0.1, 0.15) is 38.2 Å². The van der Waals surface area contributed by atoms with Gasteiger partial charge in [-0.3, -0.25) is 0 Å². The molecule has 0 spiro atoms. The Morgan fingerprint density at radius 3 is 2.54 bits per heavy atom. The predicted molar refractivity (Wildman–Crippen MR) is 112 cm³/mol. The van der Waals surface area contributed by atoms with Gasteiger partial charge in [0.2, 0.25) is 0 Å². The van der Waals surface area contributed by atoms with E-state index in [1.165, 1.54) is 11.1 Å². The molecule has 0 atom stereocenters. The summed E-state index contributed by atoms with van der Waals surface area (Å²) in [6, 6.07) is 16.6. The molecule has 136 valence electrons. The number of rotatable bonds is 6. The lowest BCUT2D eigenvalue weighted by Gasteiger charge is -2.23. The molecular formula is C23H26ClNO. The molecule has 1 fully saturated rings. The van der Waals surface area contributed by atoms with Crippen LogP contribution in [0.15, 0.2) is 60.1 Å². The van der Waals surface area contributed by atoms with Crippen molar-refractivity contribution in [1.82, 2.24) is 0 Å². The van der Waals surface area contributed by atoms with E-state index in [0.29, 0.717) is 5.17 Å². The van der Waals surface area contributed by atoms with Gasteiger partial charge in [-0.2, -0.15) is 0 Å². The summed E-state index contributed by atoms with van der Waals surface area (Å²) in [6.07, 6.45) is 4.42. The Bertz CT molecular complexity index is 772. The second kappa shape index (κ2) is 9.16. The number of allylic oxidation sites excluding steroid dienone is 1. The number of hydrogen-bond donors (Lipinski definition) is 0. The lowest BCUT2D eigenvalue weighted by molar-refractivity contribution is 0.0644. The maximum Gasteiger partial charge on any atom is 0.103 e. The monoisotopic (exact) mass is 367 g/mol. The van der Waals surface area contributed by atoms with E-state index in [1.807, 2.05) is 25.1 Å². The summed E-state index contributed by atoms with van der Waals surface area (Å²) in [5, 5.41) is 0.536. The van der Waals surface area contributed by atoms with E-state index in [9.17, 15) is 0 Å². The van der Waals surface area contributed by atoms with Gasteiger partial charge in [0.1, 0.15) is 5.17 Å². The molecule has 1 heterocycles. The van der Waals surface area contributed by atoms with E-state index in [-0.39, 0.29) is 0 Å². The van der Waals surface area contributed by atoms with Gasteiger partial charge in [-0.1, -0.05) is 60.6 Å². The van der Waals surface area contributed by atoms with E-state index < -0.39 is 0 Å². The van der Waals surface area contributed by atoms with E-state index in [4.69, 9.17) is 16.3 Å². The number of hydrogen-bond acceptors (Lipinski definition) is 2. The first kappa shape index (κ1) is 18.9. The van der Waals surface area contributed by atoms with Gasteiger partial charge in [-0.25, -0.2) is 4.99 Å². The topological polar surface area (TPSA) is 21.6 Å². The second-order valence-electron chi connectivity index (χ2n) is 6.87. The van der Waals surface area contributed by atoms with Crippen molar-refractivity contribution in [2.75, 3.05) is 13.2 Å². The molecule has 0 saturated carbocycles. The Morgan fingerprint density at radius 1 is 1.12 bits per heavy atom. The number of benzene rings is 2. The van der Waals surface area contributed by atoms with Crippen molar-refractivity contribution in [3.05, 3.63) is 60.7 Å². The molecule has 1 saturated heterocycles. The molecule has 2 aromatic carbocycles. The van der Waals surface area contributed by atoms with E-state index in [1.54, 1.807) is 0 Å². The van der Waals surface area contributed by atoms with Crippen molar-refractivity contribution in [2.24, 2.45) is 10.9 Å². The van der Waals surface area contributed by atoms with Crippen molar-refractivity contribution in [3.8, 4) is 11.1 Å². The zero-order valence-electron chi connectivity index (χ0n) is 15.4. The Morgan fingerprint density at radius 2 is 1.85 bits per heavy atom. The summed E-state index contributed by atoms with van der Waals surface area (Å²) in [6.45, 7) is 8.01. The highest BCUT2D eigenvalue weighted by atomic mass is 35.5. The molecule has 26 heavy (non-hydrogen) atoms. The van der Waals surface area contributed by atoms with Crippen molar-refractivity contribution >= 4 is 28.0 Å². The SMILES string of the molecule is C=C(CCC1CCOCC1)c1c(/N=C(\C)Cl)cccc1-c1ccccc1. The lowest BCUT2D eigenvalue weighted by atomic mass is 9.88. The quantitative estimate of drug-likeness (QED) is 0.511. The third-order valence-corrected chi connectivity index (χ3v) is 5.04. The molecule has 0 radical (unpaired) electrons. The van der Waals surface area contributed by atoms with Crippen LogP contribution in [-0.4, -0.2) is 18.4 Å². The van der Waals surface area contributed by atoms with E-state index >= 15 is 0 Å². The summed E-state index contributed by atoms with van der Waals surface area (Å²) >= 11 is 6.09. The summed E-state index contributed by atoms with van der Waals surface area (Å²) in [4.78, 5) is 4.56. The highest BCUT2D eigenvalue weighted by molar-refractivity contribution is 6.65. The molecule has 2 nitrogen and oxygen atoms in total. The fourth-order valence-electron chi connectivity index (χ4n) is 3.57. The van der Waals surface area contributed by atoms with E-state index in [0.717, 1.165) is 61.6 Å². The number of aliphatic imine (C=N–C) groups is 1. The summed E-state index contributed by atoms with van der Waals surface area (Å²) in [5.74, 6) is 0.728. The summed E-state index contributed by atoms with van der Waals surface area (Å²) in [5.41, 5.74) is 5.50. The van der Waals surface area contributed by atoms with Crippen molar-refractivity contribution in [2.45, 2.75) is 32.6 Å². The Labute approximate surface area is 161 Å². The van der Waals surface area contributed by atoms with Crippen molar-refractivity contribution in [1.29, 1.82) is 0 Å². The second-order valence-corrected chi connectivity index (χ2v) is 7.42. The minimum absolute atomic E-state index is 0.536. The molecule has 3 heteroatoms. The summed E-state index contributed by atoms with van der Waals surface area (Å²) in [7, 11) is 0. The molecule has 0 bridgehead atoms. The highest BCUT2D eigenvalue weighted by Gasteiger charge is 2.17. The first-order chi connectivity index (χ1) is 12.6. The van der Waals surface area contributed by atoms with Gasteiger partial charge in [0.05, 0.1) is 5.69 Å². The molecule has 3 rings (SSSR count). The van der Waals surface area contributed by atoms with Crippen LogP contribution < -0.4 is 0 Å². The molecule has 0 N–H and O–H groups in total. The average molecular weight is 368 g/mol. The zero-order chi connectivity index (χ0) is 18.4. The normalized spacial score (nSPS) is 15.8. The van der Waals surface area contributed by atoms with Gasteiger partial charge in [0.15, 0.2) is 0 Å². The molecule has 1 aliphatic heterocycles. The van der Waals surface area contributed by atoms with Crippen molar-refractivity contribution < 1.29 is 4.74 Å². The van der Waals surface area contributed by atoms with Crippen LogP contribution in [0.3, 0.4) is 0 Å². The van der Waals surface area contributed by atoms with E-state index in [2.05, 4.69) is 41.9 Å². The number of ether oxygens (including phenoxy) is 1. The van der Waals surface area contributed by atoms with Gasteiger partial charge in [-0.05, 0) is 61.3 Å². The Kier molecular flexibility index (Phi) is 6.65. The molecule has 0 aliphatic carbocycles. The Balaban J connectivity index is 1.91. The van der Waals surface area contributed by atoms with Crippen LogP contribution in [0.25, 0.3) is 16.7 Å². The fourth-order valence-corrected chi connectivity index (χ4v) is 3.66. The first-order valence-electron chi connectivity index (χ1n) is 9.30. The van der Waals surface area contributed by atoms with Crippen LogP contribution in [0, 0.1) is 5.92 Å². The van der Waals surface area contributed by atoms with Crippen LogP contribution in [0.4, 0.5) is 5.69 Å². The third kappa shape index (κ3) is 4.84. The lowest BCUT2D eigenvalue weighted by Crippen LogP contribution is -2.15. The van der Waals surface area contributed by atoms with Gasteiger partial charge in [-0.15, -0.1) is 0 Å². The fraction of sp³-hybridized carbons (Fsp3) is 0.348. The van der Waals surface area contributed by atoms with Gasteiger partial charge in [0, 0.05) is 18.8 Å². The van der Waals surface area contributed by atoms with Gasteiger partial charge < -0.3 is 4.74 Å². The molecule has 1 aliphatic rings.